The van der Waals surface area contributed by atoms with E-state index in [1.807, 2.05) is 0 Å². The molecule has 0 aromatic rings. The summed E-state index contributed by atoms with van der Waals surface area (Å²) < 4.78 is 10.6. The van der Waals surface area contributed by atoms with Gasteiger partial charge >= 0.3 is 0 Å². The Morgan fingerprint density at radius 1 is 1.19 bits per heavy atom. The van der Waals surface area contributed by atoms with Gasteiger partial charge in [0.15, 0.2) is 0 Å². The molecule has 3 heteroatoms. The van der Waals surface area contributed by atoms with Crippen LogP contribution < -0.4 is 5.32 Å². The zero-order valence-corrected chi connectivity index (χ0v) is 10.8. The average Bonchev–Trinajstić information content (AvgIpc) is 2.34. The summed E-state index contributed by atoms with van der Waals surface area (Å²) in [5.41, 5.74) is 0. The predicted molar refractivity (Wildman–Crippen MR) is 66.7 cm³/mol. The van der Waals surface area contributed by atoms with Crippen molar-refractivity contribution in [1.29, 1.82) is 0 Å². The lowest BCUT2D eigenvalue weighted by atomic mass is 9.84. The van der Waals surface area contributed by atoms with Crippen LogP contribution in [0, 0.1) is 5.92 Å². The summed E-state index contributed by atoms with van der Waals surface area (Å²) in [7, 11) is 1.71. The summed E-state index contributed by atoms with van der Waals surface area (Å²) in [6.07, 6.45) is 6.94. The van der Waals surface area contributed by atoms with E-state index in [0.717, 1.165) is 19.1 Å². The molecule has 3 nitrogen and oxygen atoms in total. The lowest BCUT2D eigenvalue weighted by Gasteiger charge is -2.30. The van der Waals surface area contributed by atoms with Gasteiger partial charge in [-0.1, -0.05) is 26.2 Å². The average molecular weight is 229 g/mol. The Kier molecular flexibility index (Phi) is 7.81. The minimum absolute atomic E-state index is 0.544. The Morgan fingerprint density at radius 2 is 1.94 bits per heavy atom. The molecule has 1 aliphatic rings. The molecule has 0 spiro atoms. The molecule has 0 radical (unpaired) electrons. The highest BCUT2D eigenvalue weighted by molar-refractivity contribution is 4.78. The van der Waals surface area contributed by atoms with Gasteiger partial charge in [0.2, 0.25) is 0 Å². The quantitative estimate of drug-likeness (QED) is 0.647. The second-order valence-electron chi connectivity index (χ2n) is 4.63. The Balaban J connectivity index is 2.22. The molecule has 1 fully saturated rings. The molecule has 1 atom stereocenters. The van der Waals surface area contributed by atoms with E-state index in [-0.39, 0.29) is 0 Å². The van der Waals surface area contributed by atoms with E-state index >= 15 is 0 Å². The lowest BCUT2D eigenvalue weighted by molar-refractivity contribution is 0.0453. The van der Waals surface area contributed by atoms with Crippen molar-refractivity contribution in [2.24, 2.45) is 5.92 Å². The first kappa shape index (κ1) is 13.9. The molecule has 1 aliphatic carbocycles. The van der Waals surface area contributed by atoms with Crippen molar-refractivity contribution in [2.45, 2.75) is 45.1 Å². The number of ether oxygens (including phenoxy) is 2. The van der Waals surface area contributed by atoms with Gasteiger partial charge < -0.3 is 14.8 Å². The van der Waals surface area contributed by atoms with Gasteiger partial charge in [-0.05, 0) is 25.3 Å². The Bertz CT molecular complexity index is 158. The number of nitrogens with one attached hydrogen (secondary N) is 1. The SMILES string of the molecule is CCNC(COCCOC)C1CCCCC1. The van der Waals surface area contributed by atoms with Crippen LogP contribution in [-0.2, 0) is 9.47 Å². The smallest absolute Gasteiger partial charge is 0.0701 e. The van der Waals surface area contributed by atoms with Crippen LogP contribution >= 0.6 is 0 Å². The van der Waals surface area contributed by atoms with Crippen LogP contribution in [0.3, 0.4) is 0 Å². The molecule has 0 amide bonds. The molecule has 1 N–H and O–H groups in total. The molecule has 16 heavy (non-hydrogen) atoms. The van der Waals surface area contributed by atoms with Crippen molar-refractivity contribution in [3.63, 3.8) is 0 Å². The number of hydrogen-bond acceptors (Lipinski definition) is 3. The highest BCUT2D eigenvalue weighted by Crippen LogP contribution is 2.26. The highest BCUT2D eigenvalue weighted by Gasteiger charge is 2.22. The van der Waals surface area contributed by atoms with Gasteiger partial charge in [0.1, 0.15) is 0 Å². The van der Waals surface area contributed by atoms with Crippen LogP contribution in [0.1, 0.15) is 39.0 Å². The molecule has 1 saturated carbocycles. The number of rotatable bonds is 8. The maximum Gasteiger partial charge on any atom is 0.0701 e. The van der Waals surface area contributed by atoms with Gasteiger partial charge in [-0.2, -0.15) is 0 Å². The van der Waals surface area contributed by atoms with Gasteiger partial charge in [-0.3, -0.25) is 0 Å². The van der Waals surface area contributed by atoms with Crippen molar-refractivity contribution in [1.82, 2.24) is 5.32 Å². The van der Waals surface area contributed by atoms with Crippen LogP contribution in [0.15, 0.2) is 0 Å². The third kappa shape index (κ3) is 5.28. The third-order valence-corrected chi connectivity index (χ3v) is 3.41. The molecule has 96 valence electrons. The van der Waals surface area contributed by atoms with Crippen LogP contribution in [0.2, 0.25) is 0 Å². The number of methoxy groups -OCH3 is 1. The summed E-state index contributed by atoms with van der Waals surface area (Å²) >= 11 is 0. The minimum Gasteiger partial charge on any atom is -0.382 e. The van der Waals surface area contributed by atoms with Crippen molar-refractivity contribution in [3.8, 4) is 0 Å². The van der Waals surface area contributed by atoms with E-state index in [1.54, 1.807) is 7.11 Å². The van der Waals surface area contributed by atoms with Gasteiger partial charge in [0, 0.05) is 13.2 Å². The van der Waals surface area contributed by atoms with Crippen LogP contribution in [-0.4, -0.2) is 39.5 Å². The fourth-order valence-corrected chi connectivity index (χ4v) is 2.51. The normalized spacial score (nSPS) is 19.9. The summed E-state index contributed by atoms with van der Waals surface area (Å²) in [5.74, 6) is 0.816. The summed E-state index contributed by atoms with van der Waals surface area (Å²) in [4.78, 5) is 0. The molecular weight excluding hydrogens is 202 g/mol. The van der Waals surface area contributed by atoms with Gasteiger partial charge in [-0.15, -0.1) is 0 Å². The van der Waals surface area contributed by atoms with Gasteiger partial charge in [0.05, 0.1) is 19.8 Å². The molecule has 0 bridgehead atoms. The Morgan fingerprint density at radius 3 is 2.56 bits per heavy atom. The van der Waals surface area contributed by atoms with E-state index in [1.165, 1.54) is 32.1 Å². The van der Waals surface area contributed by atoms with E-state index in [0.29, 0.717) is 19.3 Å². The minimum atomic E-state index is 0.544. The maximum absolute atomic E-state index is 5.65. The molecule has 0 aliphatic heterocycles. The maximum atomic E-state index is 5.65. The fraction of sp³-hybridized carbons (Fsp3) is 1.00. The van der Waals surface area contributed by atoms with E-state index in [9.17, 15) is 0 Å². The second kappa shape index (κ2) is 8.97. The number of likely N-dealkylation sites (N-methyl/N-ethyl adjacent to an activating group) is 1. The molecule has 0 saturated heterocycles. The van der Waals surface area contributed by atoms with Crippen LogP contribution in [0.5, 0.6) is 0 Å². The molecule has 0 aromatic carbocycles. The van der Waals surface area contributed by atoms with Gasteiger partial charge in [0.25, 0.3) is 0 Å². The largest absolute Gasteiger partial charge is 0.382 e. The highest BCUT2D eigenvalue weighted by atomic mass is 16.5. The van der Waals surface area contributed by atoms with Gasteiger partial charge in [-0.25, -0.2) is 0 Å². The van der Waals surface area contributed by atoms with Crippen LogP contribution in [0.4, 0.5) is 0 Å². The van der Waals surface area contributed by atoms with Crippen molar-refractivity contribution >= 4 is 0 Å². The van der Waals surface area contributed by atoms with E-state index in [4.69, 9.17) is 9.47 Å². The molecule has 1 rings (SSSR count). The zero-order valence-electron chi connectivity index (χ0n) is 10.8. The Hall–Kier alpha value is -0.120. The van der Waals surface area contributed by atoms with E-state index in [2.05, 4.69) is 12.2 Å². The first-order valence-electron chi connectivity index (χ1n) is 6.68. The predicted octanol–water partition coefficient (Wildman–Crippen LogP) is 2.21. The summed E-state index contributed by atoms with van der Waals surface area (Å²) in [6, 6.07) is 0.544. The van der Waals surface area contributed by atoms with Crippen molar-refractivity contribution in [3.05, 3.63) is 0 Å². The topological polar surface area (TPSA) is 30.5 Å². The molecular formula is C13H27NO2. The van der Waals surface area contributed by atoms with Crippen molar-refractivity contribution < 1.29 is 9.47 Å². The third-order valence-electron chi connectivity index (χ3n) is 3.41. The summed E-state index contributed by atoms with van der Waals surface area (Å²) in [6.45, 7) is 5.45. The Labute approximate surface area is 99.9 Å². The standard InChI is InChI=1S/C13H27NO2/c1-3-14-13(11-16-10-9-15-2)12-7-5-4-6-8-12/h12-14H,3-11H2,1-2H3. The molecule has 1 unspecified atom stereocenters. The first-order chi connectivity index (χ1) is 7.88. The summed E-state index contributed by atoms with van der Waals surface area (Å²) in [5, 5.41) is 3.56. The second-order valence-corrected chi connectivity index (χ2v) is 4.63. The first-order valence-corrected chi connectivity index (χ1v) is 6.68. The lowest BCUT2D eigenvalue weighted by Crippen LogP contribution is -2.41. The monoisotopic (exact) mass is 229 g/mol. The zero-order chi connectivity index (χ0) is 11.6. The van der Waals surface area contributed by atoms with Crippen LogP contribution in [0.25, 0.3) is 0 Å². The number of hydrogen-bond donors (Lipinski definition) is 1. The molecule has 0 aromatic heterocycles. The fourth-order valence-electron chi connectivity index (χ4n) is 2.51. The van der Waals surface area contributed by atoms with Crippen molar-refractivity contribution in [2.75, 3.05) is 33.5 Å². The van der Waals surface area contributed by atoms with E-state index < -0.39 is 0 Å². The molecule has 0 heterocycles.